The number of carbonyl (C=O) groups excluding carboxylic acids is 1. The molecule has 15 N–H and O–H groups in total. The van der Waals surface area contributed by atoms with Gasteiger partial charge in [0.25, 0.3) is 0 Å². The van der Waals surface area contributed by atoms with E-state index in [9.17, 15) is 4.79 Å². The third-order valence-corrected chi connectivity index (χ3v) is 11.8. The number of nitrogens with one attached hydrogen (secondary N) is 1. The molecular weight excluding hydrogens is 1390 g/mol. The molecule has 10 aromatic rings. The van der Waals surface area contributed by atoms with Crippen LogP contribution in [-0.2, 0) is 37.3 Å². The average molecular weight is 1460 g/mol. The minimum atomic E-state index is -1.34. The van der Waals surface area contributed by atoms with Crippen molar-refractivity contribution in [2.24, 2.45) is 5.73 Å². The Labute approximate surface area is 560 Å². The first-order chi connectivity index (χ1) is 42.2. The van der Waals surface area contributed by atoms with Crippen LogP contribution in [0.5, 0.6) is 0 Å². The van der Waals surface area contributed by atoms with Gasteiger partial charge in [-0.2, -0.15) is 5.26 Å². The summed E-state index contributed by atoms with van der Waals surface area (Å²) in [7, 11) is -1.34. The largest absolute Gasteiger partial charge is 2.00 e. The Morgan fingerprint density at radius 3 is 1.22 bits per heavy atom. The summed E-state index contributed by atoms with van der Waals surface area (Å²) in [5.74, 6) is 1.96. The van der Waals surface area contributed by atoms with Crippen LogP contribution >= 0.6 is 47.8 Å². The van der Waals surface area contributed by atoms with E-state index in [1.165, 1.54) is 6.20 Å². The van der Waals surface area contributed by atoms with Crippen LogP contribution < -0.4 is 45.2 Å². The van der Waals surface area contributed by atoms with E-state index in [1.54, 1.807) is 49.1 Å². The van der Waals surface area contributed by atoms with Crippen LogP contribution in [0.2, 0.25) is 0 Å². The number of nitrogen functional groups attached to an aromatic ring is 5. The summed E-state index contributed by atoms with van der Waals surface area (Å²) in [5, 5.41) is 41.0. The molecule has 0 saturated carbocycles. The molecule has 0 unspecified atom stereocenters. The van der Waals surface area contributed by atoms with Crippen molar-refractivity contribution in [3.05, 3.63) is 227 Å². The van der Waals surface area contributed by atoms with Gasteiger partial charge in [-0.15, -0.1) is 0 Å². The van der Waals surface area contributed by atoms with Crippen molar-refractivity contribution in [1.82, 2.24) is 55.2 Å². The van der Waals surface area contributed by atoms with E-state index in [4.69, 9.17) is 78.1 Å². The molecule has 1 amide bonds. The van der Waals surface area contributed by atoms with Crippen molar-refractivity contribution in [2.45, 2.75) is 46.9 Å². The molecule has 0 radical (unpaired) electrons. The van der Waals surface area contributed by atoms with Crippen molar-refractivity contribution in [3.8, 4) is 51.1 Å². The second-order valence-electron chi connectivity index (χ2n) is 17.9. The van der Waals surface area contributed by atoms with Gasteiger partial charge < -0.3 is 78.2 Å². The molecule has 90 heavy (non-hydrogen) atoms. The van der Waals surface area contributed by atoms with Crippen LogP contribution in [0.3, 0.4) is 0 Å². The predicted molar refractivity (Wildman–Crippen MR) is 356 cm³/mol. The molecule has 5 aromatic heterocycles. The van der Waals surface area contributed by atoms with Crippen LogP contribution in [0, 0.1) is 35.0 Å². The molecule has 0 aliphatic carbocycles. The summed E-state index contributed by atoms with van der Waals surface area (Å²) in [6.45, 7) is 15.5. The Bertz CT molecular complexity index is 3800. The Balaban J connectivity index is 0.000000543. The van der Waals surface area contributed by atoms with E-state index in [1.807, 2.05) is 154 Å². The Kier molecular flexibility index (Phi) is 36.7. The molecule has 0 atom stereocenters. The SMILES string of the molecule is C.CC(C)(C)OC(=O)NCc1cnc(N)c(-c2ccccc2)n1.N#Cc1cnc(N)c(-c2ccccc2)n1.NCc1cnc(N)c(-c2ccccc2)n1.Nc1ncc(Br)nc1-c1ccccc1.Nc1ncc(Br)nc1Br.OB(O)c1ccccc1.[C-]#N.[C-]#N.[Zn+2]. The second kappa shape index (κ2) is 42.2. The van der Waals surface area contributed by atoms with Crippen molar-refractivity contribution < 1.29 is 39.1 Å². The second-order valence-corrected chi connectivity index (χ2v) is 20.3. The van der Waals surface area contributed by atoms with Gasteiger partial charge in [-0.25, -0.2) is 54.6 Å². The first-order valence-corrected chi connectivity index (χ1v) is 27.8. The van der Waals surface area contributed by atoms with Crippen molar-refractivity contribution in [2.75, 3.05) is 28.7 Å². The van der Waals surface area contributed by atoms with E-state index in [-0.39, 0.29) is 39.1 Å². The fraction of sp³-hybridized carbons (Fsp3) is 0.115. The molecular formula is C61H62BBr3N20O4Zn. The van der Waals surface area contributed by atoms with Crippen LogP contribution in [0.25, 0.3) is 45.0 Å². The fourth-order valence-corrected chi connectivity index (χ4v) is 7.67. The summed E-state index contributed by atoms with van der Waals surface area (Å²) in [4.78, 5) is 52.7. The maximum absolute atomic E-state index is 11.6. The van der Waals surface area contributed by atoms with Crippen molar-refractivity contribution >= 4 is 95.6 Å². The third-order valence-electron chi connectivity index (χ3n) is 10.4. The van der Waals surface area contributed by atoms with Crippen LogP contribution in [-0.4, -0.2) is 78.7 Å². The van der Waals surface area contributed by atoms with Gasteiger partial charge in [-0.05, 0) is 74.0 Å². The number of carbonyl (C=O) groups is 1. The zero-order chi connectivity index (χ0) is 65.0. The summed E-state index contributed by atoms with van der Waals surface area (Å²) >= 11 is 9.52. The minimum Gasteiger partial charge on any atom is -0.512 e. The van der Waals surface area contributed by atoms with Gasteiger partial charge in [0, 0.05) is 28.8 Å². The number of halogens is 3. The number of ether oxygens (including phenoxy) is 1. The van der Waals surface area contributed by atoms with Gasteiger partial charge in [0.1, 0.15) is 71.5 Å². The maximum atomic E-state index is 11.6. The Morgan fingerprint density at radius 1 is 0.533 bits per heavy atom. The van der Waals surface area contributed by atoms with Gasteiger partial charge in [-0.1, -0.05) is 159 Å². The molecule has 0 spiro atoms. The minimum absolute atomic E-state index is 0. The van der Waals surface area contributed by atoms with Gasteiger partial charge in [-0.3, -0.25) is 0 Å². The zero-order valence-electron chi connectivity index (χ0n) is 48.1. The average Bonchev–Trinajstić information content (AvgIpc) is 1.98. The molecule has 0 bridgehead atoms. The third kappa shape index (κ3) is 28.0. The van der Waals surface area contributed by atoms with E-state index in [0.29, 0.717) is 83.4 Å². The molecule has 5 heterocycles. The van der Waals surface area contributed by atoms with Crippen LogP contribution in [0.1, 0.15) is 45.3 Å². The standard InChI is InChI=1S/C16H20N4O2.C11H12N4.C11H8N4.C10H8BrN3.C6H7BO2.C4H3Br2N3.2CN.CH4.Zn/c1-16(2,3)22-15(21)19-10-12-9-18-14(17)13(20-12)11-7-5-4-6-8-11;2*12-6-9-7-14-11(13)10(15-9)8-4-2-1-3-5-8;11-8-6-13-10(12)9(14-8)7-4-2-1-3-5-7;8-7(9)6-4-2-1-3-5-6;5-2-1-8-4(7)3(6)9-2;2*1-2;;/h4-9H,10H2,1-3H3,(H2,17,18)(H,19,21);1-5,7H,6,12H2,(H2,13,14);1-5,7H,(H2,13,14);1-6H,(H2,12,13);1-5,8-9H;1H,(H2,7,8);;;1H4;/q;;;;;;2*-1;;+2. The topological polar surface area (TPSA) is 435 Å². The summed E-state index contributed by atoms with van der Waals surface area (Å²) in [5.41, 5.74) is 41.7. The number of nitriles is 1. The first-order valence-electron chi connectivity index (χ1n) is 25.5. The zero-order valence-corrected chi connectivity index (χ0v) is 55.9. The number of benzene rings is 5. The van der Waals surface area contributed by atoms with Gasteiger partial charge in [0.2, 0.25) is 0 Å². The van der Waals surface area contributed by atoms with Crippen molar-refractivity contribution in [3.63, 3.8) is 0 Å². The van der Waals surface area contributed by atoms with Gasteiger partial charge in [0.15, 0.2) is 11.5 Å². The fourth-order valence-electron chi connectivity index (χ4n) is 6.57. The van der Waals surface area contributed by atoms with E-state index >= 15 is 0 Å². The van der Waals surface area contributed by atoms with E-state index < -0.39 is 18.8 Å². The Morgan fingerprint density at radius 2 is 0.867 bits per heavy atom. The van der Waals surface area contributed by atoms with Crippen LogP contribution in [0.15, 0.2) is 196 Å². The molecule has 24 nitrogen and oxygen atoms in total. The number of amides is 1. The number of alkyl carbamates (subject to hydrolysis) is 1. The van der Waals surface area contributed by atoms with Crippen molar-refractivity contribution in [1.29, 1.82) is 15.8 Å². The summed E-state index contributed by atoms with van der Waals surface area (Å²) in [6.07, 6.45) is 7.14. The molecule has 0 aliphatic heterocycles. The molecule has 0 aliphatic rings. The molecule has 456 valence electrons. The number of hydrogen-bond acceptors (Lipinski definition) is 23. The molecule has 29 heteroatoms. The number of nitrogens with zero attached hydrogens (tertiary/aromatic N) is 13. The normalized spacial score (nSPS) is 9.47. The molecule has 0 fully saturated rings. The van der Waals surface area contributed by atoms with Gasteiger partial charge in [0.05, 0.1) is 48.9 Å². The van der Waals surface area contributed by atoms with E-state index in [0.717, 1.165) is 27.9 Å². The number of nitrogens with two attached hydrogens (primary N) is 6. The number of aromatic nitrogens is 10. The maximum Gasteiger partial charge on any atom is 2.00 e. The number of anilines is 5. The predicted octanol–water partition coefficient (Wildman–Crippen LogP) is 9.80. The van der Waals surface area contributed by atoms with E-state index in [2.05, 4.69) is 103 Å². The quantitative estimate of drug-likeness (QED) is 0.0504. The Hall–Kier alpha value is -9.75. The summed E-state index contributed by atoms with van der Waals surface area (Å²) < 4.78 is 7.10. The number of rotatable bonds is 8. The molecule has 0 saturated heterocycles. The molecule has 5 aromatic carbocycles. The number of hydrogen-bond donors (Lipinski definition) is 9. The summed E-state index contributed by atoms with van der Waals surface area (Å²) in [6, 6.07) is 49.0. The first kappa shape index (κ1) is 78.3. The van der Waals surface area contributed by atoms with Crippen LogP contribution in [0.4, 0.5) is 33.9 Å². The molecule has 10 rings (SSSR count). The van der Waals surface area contributed by atoms with Gasteiger partial charge >= 0.3 is 32.7 Å². The monoisotopic (exact) mass is 1450 g/mol. The smallest absolute Gasteiger partial charge is 0.512 e.